The molecule has 0 saturated heterocycles. The van der Waals surface area contributed by atoms with Gasteiger partial charge in [0.2, 0.25) is 5.78 Å². The average Bonchev–Trinajstić information content (AvgIpc) is 2.90. The van der Waals surface area contributed by atoms with Crippen LogP contribution in [-0.2, 0) is 29.5 Å². The van der Waals surface area contributed by atoms with Gasteiger partial charge in [-0.2, -0.15) is 0 Å². The van der Waals surface area contributed by atoms with Gasteiger partial charge in [0.25, 0.3) is 5.56 Å². The average molecular weight is 484 g/mol. The second-order valence-corrected chi connectivity index (χ2v) is 8.30. The van der Waals surface area contributed by atoms with Crippen LogP contribution in [0.2, 0.25) is 0 Å². The van der Waals surface area contributed by atoms with Crippen molar-refractivity contribution in [2.45, 2.75) is 13.0 Å². The van der Waals surface area contributed by atoms with Crippen molar-refractivity contribution in [3.05, 3.63) is 122 Å². The Morgan fingerprint density at radius 1 is 0.806 bits per heavy atom. The Kier molecular flexibility index (Phi) is 7.25. The van der Waals surface area contributed by atoms with Gasteiger partial charge in [-0.1, -0.05) is 84.9 Å². The molecule has 0 spiro atoms. The summed E-state index contributed by atoms with van der Waals surface area (Å²) < 4.78 is 7.11. The number of esters is 1. The third-order valence-corrected chi connectivity index (χ3v) is 5.82. The Morgan fingerprint density at radius 2 is 1.39 bits per heavy atom. The molecule has 4 rings (SSSR count). The highest BCUT2D eigenvalue weighted by molar-refractivity contribution is 6.01. The molecule has 0 aliphatic carbocycles. The summed E-state index contributed by atoms with van der Waals surface area (Å²) in [4.78, 5) is 50.5. The van der Waals surface area contributed by atoms with Crippen LogP contribution in [0.3, 0.4) is 0 Å². The van der Waals surface area contributed by atoms with Crippen LogP contribution in [0.15, 0.2) is 94.5 Å². The highest BCUT2D eigenvalue weighted by Gasteiger charge is 2.23. The molecule has 0 atom stereocenters. The molecule has 0 amide bonds. The summed E-state index contributed by atoms with van der Waals surface area (Å²) in [6.45, 7) is -0.581. The molecule has 0 radical (unpaired) electrons. The van der Waals surface area contributed by atoms with Gasteiger partial charge in [0.15, 0.2) is 6.61 Å². The van der Waals surface area contributed by atoms with Gasteiger partial charge in [0.1, 0.15) is 11.4 Å². The van der Waals surface area contributed by atoms with Crippen LogP contribution < -0.4 is 17.0 Å². The van der Waals surface area contributed by atoms with E-state index in [4.69, 9.17) is 10.5 Å². The molecule has 4 aromatic rings. The molecule has 3 aromatic carbocycles. The molecule has 0 aliphatic heterocycles. The van der Waals surface area contributed by atoms with Gasteiger partial charge in [-0.05, 0) is 22.3 Å². The molecule has 8 nitrogen and oxygen atoms in total. The highest BCUT2D eigenvalue weighted by Crippen LogP contribution is 2.19. The fraction of sp³-hybridized carbons (Fsp3) is 0.143. The molecule has 1 aromatic heterocycles. The number of hydrogen-bond acceptors (Lipinski definition) is 6. The Hall–Kier alpha value is -4.72. The summed E-state index contributed by atoms with van der Waals surface area (Å²) in [6, 6.07) is 26.3. The zero-order valence-corrected chi connectivity index (χ0v) is 19.7. The summed E-state index contributed by atoms with van der Waals surface area (Å²) in [5, 5.41) is 0. The minimum Gasteiger partial charge on any atom is -0.457 e. The van der Waals surface area contributed by atoms with E-state index in [-0.39, 0.29) is 24.3 Å². The Labute approximate surface area is 207 Å². The lowest BCUT2D eigenvalue weighted by molar-refractivity contribution is -0.141. The van der Waals surface area contributed by atoms with Crippen molar-refractivity contribution in [3.63, 3.8) is 0 Å². The van der Waals surface area contributed by atoms with E-state index < -0.39 is 29.6 Å². The van der Waals surface area contributed by atoms with Crippen LogP contribution in [0.5, 0.6) is 0 Å². The fourth-order valence-electron chi connectivity index (χ4n) is 3.85. The topological polar surface area (TPSA) is 113 Å². The SMILES string of the molecule is Cn1c(=O)c(C(=O)COC(=O)Cc2ccc(-c3ccccc3)cc2)c(N)n(Cc2ccccc2)c1=O. The Balaban J connectivity index is 1.45. The van der Waals surface area contributed by atoms with E-state index in [1.54, 1.807) is 24.3 Å². The lowest BCUT2D eigenvalue weighted by atomic mass is 10.0. The standard InChI is InChI=1S/C28H25N3O5/c1-30-27(34)25(26(29)31(28(30)35)17-20-8-4-2-5-9-20)23(32)18-36-24(33)16-19-12-14-22(15-13-19)21-10-6-3-7-11-21/h2-15H,16-18,29H2,1H3. The summed E-state index contributed by atoms with van der Waals surface area (Å²) in [5.74, 6) is -1.66. The molecule has 0 aliphatic rings. The first-order valence-corrected chi connectivity index (χ1v) is 11.3. The van der Waals surface area contributed by atoms with Crippen molar-refractivity contribution in [1.29, 1.82) is 0 Å². The van der Waals surface area contributed by atoms with Gasteiger partial charge in [0.05, 0.1) is 13.0 Å². The van der Waals surface area contributed by atoms with Crippen LogP contribution >= 0.6 is 0 Å². The normalized spacial score (nSPS) is 10.7. The minimum absolute atomic E-state index is 0.0383. The summed E-state index contributed by atoms with van der Waals surface area (Å²) >= 11 is 0. The number of hydrogen-bond donors (Lipinski definition) is 1. The molecule has 36 heavy (non-hydrogen) atoms. The predicted molar refractivity (Wildman–Crippen MR) is 137 cm³/mol. The third kappa shape index (κ3) is 5.33. The van der Waals surface area contributed by atoms with Gasteiger partial charge in [-0.25, -0.2) is 4.79 Å². The Bertz CT molecular complexity index is 1510. The lowest BCUT2D eigenvalue weighted by Crippen LogP contribution is -2.43. The van der Waals surface area contributed by atoms with Gasteiger partial charge in [0, 0.05) is 7.05 Å². The van der Waals surface area contributed by atoms with E-state index >= 15 is 0 Å². The maximum atomic E-state index is 12.8. The number of anilines is 1. The minimum atomic E-state index is -0.834. The quantitative estimate of drug-likeness (QED) is 0.305. The monoisotopic (exact) mass is 483 g/mol. The molecule has 8 heteroatoms. The smallest absolute Gasteiger partial charge is 0.332 e. The van der Waals surface area contributed by atoms with Gasteiger partial charge < -0.3 is 10.5 Å². The number of ether oxygens (including phenoxy) is 1. The maximum absolute atomic E-state index is 12.8. The number of carbonyl (C=O) groups is 2. The molecular weight excluding hydrogens is 458 g/mol. The maximum Gasteiger partial charge on any atom is 0.332 e. The van der Waals surface area contributed by atoms with Crippen LogP contribution in [0, 0.1) is 0 Å². The molecule has 0 fully saturated rings. The van der Waals surface area contributed by atoms with Crippen molar-refractivity contribution in [2.75, 3.05) is 12.3 Å². The molecule has 182 valence electrons. The van der Waals surface area contributed by atoms with Crippen molar-refractivity contribution in [2.24, 2.45) is 7.05 Å². The number of aromatic nitrogens is 2. The van der Waals surface area contributed by atoms with Gasteiger partial charge >= 0.3 is 11.7 Å². The zero-order chi connectivity index (χ0) is 25.7. The number of Topliss-reactive ketones (excluding diaryl/α,β-unsaturated/α-hetero) is 1. The van der Waals surface area contributed by atoms with Gasteiger partial charge in [-0.15, -0.1) is 0 Å². The van der Waals surface area contributed by atoms with Crippen molar-refractivity contribution >= 4 is 17.6 Å². The first kappa shape index (κ1) is 24.4. The molecule has 0 bridgehead atoms. The molecule has 1 heterocycles. The number of rotatable bonds is 8. The summed E-state index contributed by atoms with van der Waals surface area (Å²) in [7, 11) is 1.27. The van der Waals surface area contributed by atoms with E-state index in [0.717, 1.165) is 31.4 Å². The molecule has 0 saturated carbocycles. The van der Waals surface area contributed by atoms with Crippen LogP contribution in [0.25, 0.3) is 11.1 Å². The van der Waals surface area contributed by atoms with Crippen LogP contribution in [0.1, 0.15) is 21.5 Å². The van der Waals surface area contributed by atoms with Crippen LogP contribution in [0.4, 0.5) is 5.82 Å². The highest BCUT2D eigenvalue weighted by atomic mass is 16.5. The third-order valence-electron chi connectivity index (χ3n) is 5.82. The zero-order valence-electron chi connectivity index (χ0n) is 19.7. The van der Waals surface area contributed by atoms with E-state index in [1.807, 2.05) is 60.7 Å². The van der Waals surface area contributed by atoms with Crippen LogP contribution in [-0.4, -0.2) is 27.5 Å². The van der Waals surface area contributed by atoms with E-state index in [2.05, 4.69) is 0 Å². The fourth-order valence-corrected chi connectivity index (χ4v) is 3.85. The number of nitrogens with two attached hydrogens (primary N) is 1. The largest absolute Gasteiger partial charge is 0.457 e. The van der Waals surface area contributed by atoms with E-state index in [9.17, 15) is 19.2 Å². The number of benzene rings is 3. The van der Waals surface area contributed by atoms with E-state index in [1.165, 1.54) is 7.05 Å². The number of nitrogen functional groups attached to an aromatic ring is 1. The number of nitrogens with zero attached hydrogens (tertiary/aromatic N) is 2. The molecular formula is C28H25N3O5. The molecule has 2 N–H and O–H groups in total. The van der Waals surface area contributed by atoms with Crippen molar-refractivity contribution in [1.82, 2.24) is 9.13 Å². The first-order valence-electron chi connectivity index (χ1n) is 11.3. The van der Waals surface area contributed by atoms with Crippen molar-refractivity contribution < 1.29 is 14.3 Å². The lowest BCUT2D eigenvalue weighted by Gasteiger charge is -2.14. The predicted octanol–water partition coefficient (Wildman–Crippen LogP) is 2.81. The van der Waals surface area contributed by atoms with Crippen molar-refractivity contribution in [3.8, 4) is 11.1 Å². The number of ketones is 1. The van der Waals surface area contributed by atoms with E-state index in [0.29, 0.717) is 0 Å². The van der Waals surface area contributed by atoms with Gasteiger partial charge in [-0.3, -0.25) is 23.5 Å². The summed E-state index contributed by atoms with van der Waals surface area (Å²) in [6.07, 6.45) is -0.0383. The Morgan fingerprint density at radius 3 is 2.03 bits per heavy atom. The summed E-state index contributed by atoms with van der Waals surface area (Å²) in [5.41, 5.74) is 7.79. The molecule has 0 unspecified atom stereocenters. The number of carbonyl (C=O) groups excluding carboxylic acids is 2. The first-order chi connectivity index (χ1) is 17.3. The second-order valence-electron chi connectivity index (χ2n) is 8.30. The second kappa shape index (κ2) is 10.7.